The van der Waals surface area contributed by atoms with E-state index in [0.717, 1.165) is 5.56 Å². The van der Waals surface area contributed by atoms with Gasteiger partial charge in [0.15, 0.2) is 11.5 Å². The second-order valence-corrected chi connectivity index (χ2v) is 8.50. The van der Waals surface area contributed by atoms with Crippen molar-refractivity contribution in [3.63, 3.8) is 0 Å². The molecule has 0 saturated heterocycles. The first kappa shape index (κ1) is 23.5. The van der Waals surface area contributed by atoms with Gasteiger partial charge in [0.1, 0.15) is 4.90 Å². The number of sulfonamides is 1. The van der Waals surface area contributed by atoms with E-state index in [2.05, 4.69) is 10.0 Å². The van der Waals surface area contributed by atoms with Gasteiger partial charge in [0.05, 0.1) is 25.5 Å². The van der Waals surface area contributed by atoms with E-state index in [-0.39, 0.29) is 16.5 Å². The molecule has 0 heterocycles. The zero-order chi connectivity index (χ0) is 22.3. The number of carboxylic acid groups (broad SMARTS) is 1. The average molecular weight is 437 g/mol. The summed E-state index contributed by atoms with van der Waals surface area (Å²) in [4.78, 5) is 11.2. The van der Waals surface area contributed by atoms with Gasteiger partial charge in [-0.3, -0.25) is 0 Å². The normalized spacial score (nSPS) is 12.3. The first-order valence-corrected chi connectivity index (χ1v) is 11.0. The van der Waals surface area contributed by atoms with Crippen molar-refractivity contribution in [3.05, 3.63) is 47.5 Å². The molecule has 0 aliphatic rings. The largest absolute Gasteiger partial charge is 0.493 e. The molecule has 30 heavy (non-hydrogen) atoms. The molecule has 1 atom stereocenters. The van der Waals surface area contributed by atoms with E-state index < -0.39 is 16.0 Å². The smallest absolute Gasteiger partial charge is 0.335 e. The summed E-state index contributed by atoms with van der Waals surface area (Å²) in [6.07, 6.45) is 1.21. The lowest BCUT2D eigenvalue weighted by Gasteiger charge is -2.17. The van der Waals surface area contributed by atoms with E-state index in [1.165, 1.54) is 18.2 Å². The Balaban J connectivity index is 2.24. The summed E-state index contributed by atoms with van der Waals surface area (Å²) in [5.74, 6) is 0.0525. The highest BCUT2D eigenvalue weighted by Gasteiger charge is 2.22. The number of methoxy groups -OCH3 is 2. The third kappa shape index (κ3) is 5.87. The molecule has 9 heteroatoms. The molecular weight excluding hydrogens is 408 g/mol. The maximum Gasteiger partial charge on any atom is 0.335 e. The number of anilines is 1. The topological polar surface area (TPSA) is 114 Å². The van der Waals surface area contributed by atoms with Crippen LogP contribution in [0.5, 0.6) is 11.5 Å². The lowest BCUT2D eigenvalue weighted by atomic mass is 10.1. The number of ether oxygens (including phenoxy) is 2. The SMILES string of the molecule is CCC(C)NS(=O)(=O)c1cc(C(=O)O)ccc1NCCc1ccc(OC)c(OC)c1. The van der Waals surface area contributed by atoms with Crippen LogP contribution >= 0.6 is 0 Å². The van der Waals surface area contributed by atoms with Crippen molar-refractivity contribution in [3.8, 4) is 11.5 Å². The van der Waals surface area contributed by atoms with E-state index in [9.17, 15) is 18.3 Å². The van der Waals surface area contributed by atoms with Crippen LogP contribution < -0.4 is 19.5 Å². The third-order valence-electron chi connectivity index (χ3n) is 4.66. The van der Waals surface area contributed by atoms with Crippen LogP contribution in [-0.2, 0) is 16.4 Å². The molecule has 0 amide bonds. The van der Waals surface area contributed by atoms with Gasteiger partial charge in [0.2, 0.25) is 10.0 Å². The van der Waals surface area contributed by atoms with Crippen LogP contribution in [0, 0.1) is 0 Å². The van der Waals surface area contributed by atoms with Crippen molar-refractivity contribution < 1.29 is 27.8 Å². The fraction of sp³-hybridized carbons (Fsp3) is 0.381. The second kappa shape index (κ2) is 10.3. The number of benzene rings is 2. The molecule has 2 aromatic carbocycles. The van der Waals surface area contributed by atoms with Crippen molar-refractivity contribution in [1.29, 1.82) is 0 Å². The fourth-order valence-electron chi connectivity index (χ4n) is 2.81. The fourth-order valence-corrected chi connectivity index (χ4v) is 4.35. The third-order valence-corrected chi connectivity index (χ3v) is 6.29. The van der Waals surface area contributed by atoms with Crippen LogP contribution in [0.2, 0.25) is 0 Å². The van der Waals surface area contributed by atoms with Crippen molar-refractivity contribution in [2.75, 3.05) is 26.1 Å². The molecule has 2 rings (SSSR count). The first-order chi connectivity index (χ1) is 14.2. The Morgan fingerprint density at radius 3 is 2.40 bits per heavy atom. The quantitative estimate of drug-likeness (QED) is 0.496. The maximum atomic E-state index is 12.8. The van der Waals surface area contributed by atoms with Crippen LogP contribution in [0.15, 0.2) is 41.3 Å². The summed E-state index contributed by atoms with van der Waals surface area (Å²) in [5, 5.41) is 12.4. The Morgan fingerprint density at radius 2 is 1.80 bits per heavy atom. The Hall–Kier alpha value is -2.78. The highest BCUT2D eigenvalue weighted by molar-refractivity contribution is 7.89. The number of aromatic carboxylic acids is 1. The van der Waals surface area contributed by atoms with Crippen LogP contribution in [0.3, 0.4) is 0 Å². The molecule has 164 valence electrons. The van der Waals surface area contributed by atoms with Crippen LogP contribution in [0.1, 0.15) is 36.2 Å². The standard InChI is InChI=1S/C21H28N2O6S/c1-5-14(2)23-30(26,27)20-13-16(21(24)25)7-8-17(20)22-11-10-15-6-9-18(28-3)19(12-15)29-4/h6-9,12-14,22-23H,5,10-11H2,1-4H3,(H,24,25). The molecule has 0 aromatic heterocycles. The summed E-state index contributed by atoms with van der Waals surface area (Å²) < 4.78 is 38.7. The van der Waals surface area contributed by atoms with Gasteiger partial charge < -0.3 is 19.9 Å². The number of nitrogens with one attached hydrogen (secondary N) is 2. The van der Waals surface area contributed by atoms with Crippen molar-refractivity contribution in [2.45, 2.75) is 37.6 Å². The van der Waals surface area contributed by atoms with Gasteiger partial charge in [-0.1, -0.05) is 13.0 Å². The molecular formula is C21H28N2O6S. The molecule has 0 spiro atoms. The lowest BCUT2D eigenvalue weighted by molar-refractivity contribution is 0.0696. The number of rotatable bonds is 11. The molecule has 0 bridgehead atoms. The van der Waals surface area contributed by atoms with E-state index in [0.29, 0.717) is 36.6 Å². The van der Waals surface area contributed by atoms with E-state index >= 15 is 0 Å². The predicted octanol–water partition coefficient (Wildman–Crippen LogP) is 3.13. The molecule has 0 saturated carbocycles. The molecule has 8 nitrogen and oxygen atoms in total. The van der Waals surface area contributed by atoms with Crippen molar-refractivity contribution in [1.82, 2.24) is 4.72 Å². The zero-order valence-corrected chi connectivity index (χ0v) is 18.4. The Labute approximate surface area is 177 Å². The summed E-state index contributed by atoms with van der Waals surface area (Å²) in [7, 11) is -0.760. The van der Waals surface area contributed by atoms with Crippen molar-refractivity contribution in [2.24, 2.45) is 0 Å². The van der Waals surface area contributed by atoms with Crippen LogP contribution in [-0.4, -0.2) is 46.3 Å². The molecule has 2 aromatic rings. The minimum Gasteiger partial charge on any atom is -0.493 e. The zero-order valence-electron chi connectivity index (χ0n) is 17.6. The molecule has 0 fully saturated rings. The molecule has 0 aliphatic carbocycles. The minimum absolute atomic E-state index is 0.0880. The Kier molecular flexibility index (Phi) is 8.08. The first-order valence-electron chi connectivity index (χ1n) is 9.56. The van der Waals surface area contributed by atoms with Gasteiger partial charge in [-0.05, 0) is 55.7 Å². The average Bonchev–Trinajstić information content (AvgIpc) is 2.73. The summed E-state index contributed by atoms with van der Waals surface area (Å²) in [6.45, 7) is 4.06. The highest BCUT2D eigenvalue weighted by Crippen LogP contribution is 2.28. The van der Waals surface area contributed by atoms with Gasteiger partial charge in [-0.15, -0.1) is 0 Å². The van der Waals surface area contributed by atoms with Gasteiger partial charge >= 0.3 is 5.97 Å². The summed E-state index contributed by atoms with van der Waals surface area (Å²) >= 11 is 0. The molecule has 0 aliphatic heterocycles. The number of hydrogen-bond acceptors (Lipinski definition) is 6. The monoisotopic (exact) mass is 436 g/mol. The van der Waals surface area contributed by atoms with E-state index in [4.69, 9.17) is 9.47 Å². The van der Waals surface area contributed by atoms with Crippen LogP contribution in [0.25, 0.3) is 0 Å². The van der Waals surface area contributed by atoms with Gasteiger partial charge in [-0.2, -0.15) is 0 Å². The van der Waals surface area contributed by atoms with Crippen molar-refractivity contribution >= 4 is 21.7 Å². The lowest BCUT2D eigenvalue weighted by Crippen LogP contribution is -2.32. The van der Waals surface area contributed by atoms with E-state index in [1.54, 1.807) is 21.1 Å². The second-order valence-electron chi connectivity index (χ2n) is 6.81. The highest BCUT2D eigenvalue weighted by atomic mass is 32.2. The molecule has 0 radical (unpaired) electrons. The number of carboxylic acids is 1. The van der Waals surface area contributed by atoms with Crippen LogP contribution in [0.4, 0.5) is 5.69 Å². The number of carbonyl (C=O) groups is 1. The summed E-state index contributed by atoms with van der Waals surface area (Å²) in [6, 6.07) is 9.32. The van der Waals surface area contributed by atoms with E-state index in [1.807, 2.05) is 25.1 Å². The Morgan fingerprint density at radius 1 is 1.10 bits per heavy atom. The van der Waals surface area contributed by atoms with Gasteiger partial charge in [0.25, 0.3) is 0 Å². The molecule has 3 N–H and O–H groups in total. The minimum atomic E-state index is -3.89. The van der Waals surface area contributed by atoms with Gasteiger partial charge in [-0.25, -0.2) is 17.9 Å². The maximum absolute atomic E-state index is 12.8. The van der Waals surface area contributed by atoms with Gasteiger partial charge in [0, 0.05) is 12.6 Å². The summed E-state index contributed by atoms with van der Waals surface area (Å²) in [5.41, 5.74) is 1.23. The molecule has 1 unspecified atom stereocenters. The Bertz CT molecular complexity index is 991. The number of hydrogen-bond donors (Lipinski definition) is 3. The predicted molar refractivity (Wildman–Crippen MR) is 115 cm³/mol.